The van der Waals surface area contributed by atoms with Gasteiger partial charge in [-0.05, 0) is 18.9 Å². The summed E-state index contributed by atoms with van der Waals surface area (Å²) in [5.74, 6) is -1.23. The van der Waals surface area contributed by atoms with Crippen LogP contribution in [0.25, 0.3) is 0 Å². The van der Waals surface area contributed by atoms with Crippen molar-refractivity contribution in [1.29, 1.82) is 0 Å². The highest BCUT2D eigenvalue weighted by atomic mass is 16.4. The number of benzene rings is 1. The molecule has 0 spiro atoms. The molecule has 1 aromatic rings. The maximum absolute atomic E-state index is 10.2. The van der Waals surface area contributed by atoms with Gasteiger partial charge in [0.25, 0.3) is 0 Å². The Hall–Kier alpha value is -1.43. The molecule has 5 heteroatoms. The Balaban J connectivity index is 0.000000366. The highest BCUT2D eigenvalue weighted by Gasteiger charge is 2.14. The number of nitrogens with two attached hydrogens (primary N) is 1. The zero-order valence-corrected chi connectivity index (χ0v) is 9.78. The molecule has 0 aromatic heterocycles. The molecular weight excluding hydrogens is 222 g/mol. The number of aliphatic hydroxyl groups is 2. The second kappa shape index (κ2) is 8.69. The smallest absolute Gasteiger partial charge is 0.337 e. The van der Waals surface area contributed by atoms with E-state index >= 15 is 0 Å². The molecule has 0 heterocycles. The summed E-state index contributed by atoms with van der Waals surface area (Å²) in [5, 5.41) is 25.5. The summed E-state index contributed by atoms with van der Waals surface area (Å²) in [7, 11) is 0. The summed E-state index contributed by atoms with van der Waals surface area (Å²) in [6, 6.07) is 8.41. The molecule has 1 rings (SSSR count). The van der Waals surface area contributed by atoms with E-state index in [-0.39, 0.29) is 12.6 Å². The summed E-state index contributed by atoms with van der Waals surface area (Å²) < 4.78 is 0. The van der Waals surface area contributed by atoms with Gasteiger partial charge in [0, 0.05) is 12.6 Å². The molecule has 0 saturated heterocycles. The Kier molecular flexibility index (Phi) is 7.96. The fraction of sp³-hybridized carbons (Fsp3) is 0.417. The maximum atomic E-state index is 10.2. The highest BCUT2D eigenvalue weighted by molar-refractivity contribution is 5.73. The Morgan fingerprint density at radius 2 is 1.88 bits per heavy atom. The van der Waals surface area contributed by atoms with Gasteiger partial charge in [-0.15, -0.1) is 0 Å². The predicted molar refractivity (Wildman–Crippen MR) is 64.4 cm³/mol. The van der Waals surface area contributed by atoms with Crippen molar-refractivity contribution in [2.75, 3.05) is 6.61 Å². The van der Waals surface area contributed by atoms with Crippen molar-refractivity contribution in [1.82, 2.24) is 0 Å². The van der Waals surface area contributed by atoms with Crippen molar-refractivity contribution in [3.63, 3.8) is 0 Å². The molecule has 0 bridgehead atoms. The fourth-order valence-corrected chi connectivity index (χ4v) is 0.982. The van der Waals surface area contributed by atoms with E-state index in [1.807, 2.05) is 6.92 Å². The van der Waals surface area contributed by atoms with Crippen LogP contribution in [0, 0.1) is 0 Å². The van der Waals surface area contributed by atoms with Crippen LogP contribution in [0.1, 0.15) is 25.0 Å². The number of carbonyl (C=O) groups is 1. The number of hydrogen-bond acceptors (Lipinski definition) is 4. The number of hydrogen-bond donors (Lipinski definition) is 4. The summed E-state index contributed by atoms with van der Waals surface area (Å²) >= 11 is 0. The van der Waals surface area contributed by atoms with Gasteiger partial charge in [-0.1, -0.05) is 30.3 Å². The van der Waals surface area contributed by atoms with Crippen LogP contribution in [0.3, 0.4) is 0 Å². The van der Waals surface area contributed by atoms with Crippen LogP contribution in [0.15, 0.2) is 30.3 Å². The lowest BCUT2D eigenvalue weighted by atomic mass is 10.1. The van der Waals surface area contributed by atoms with Crippen molar-refractivity contribution in [3.05, 3.63) is 35.9 Å². The quantitative estimate of drug-likeness (QED) is 0.615. The molecule has 0 amide bonds. The monoisotopic (exact) mass is 241 g/mol. The van der Waals surface area contributed by atoms with Crippen LogP contribution in [-0.4, -0.2) is 33.9 Å². The molecule has 0 aliphatic carbocycles. The van der Waals surface area contributed by atoms with Crippen molar-refractivity contribution in [2.45, 2.75) is 25.5 Å². The van der Waals surface area contributed by atoms with Gasteiger partial charge < -0.3 is 21.1 Å². The number of aliphatic carboxylic acids is 1. The largest absolute Gasteiger partial charge is 0.479 e. The van der Waals surface area contributed by atoms with E-state index in [0.29, 0.717) is 12.0 Å². The van der Waals surface area contributed by atoms with E-state index in [0.717, 1.165) is 0 Å². The average molecular weight is 241 g/mol. The number of carboxylic acids is 1. The van der Waals surface area contributed by atoms with Gasteiger partial charge in [0.15, 0.2) is 6.10 Å². The average Bonchev–Trinajstić information content (AvgIpc) is 2.29. The summed E-state index contributed by atoms with van der Waals surface area (Å²) in [5.41, 5.74) is 5.65. The zero-order chi connectivity index (χ0) is 13.3. The van der Waals surface area contributed by atoms with Gasteiger partial charge in [-0.3, -0.25) is 0 Å². The second-order valence-electron chi connectivity index (χ2n) is 3.64. The molecule has 17 heavy (non-hydrogen) atoms. The van der Waals surface area contributed by atoms with Gasteiger partial charge in [0.1, 0.15) is 0 Å². The van der Waals surface area contributed by atoms with E-state index in [9.17, 15) is 4.79 Å². The van der Waals surface area contributed by atoms with Crippen LogP contribution in [0.4, 0.5) is 0 Å². The lowest BCUT2D eigenvalue weighted by Gasteiger charge is -2.03. The third-order valence-corrected chi connectivity index (χ3v) is 1.93. The molecule has 2 unspecified atom stereocenters. The Labute approximate surface area is 101 Å². The minimum Gasteiger partial charge on any atom is -0.479 e. The second-order valence-corrected chi connectivity index (χ2v) is 3.64. The van der Waals surface area contributed by atoms with Crippen LogP contribution < -0.4 is 5.73 Å². The zero-order valence-electron chi connectivity index (χ0n) is 9.78. The molecule has 1 aromatic carbocycles. The van der Waals surface area contributed by atoms with Crippen LogP contribution in [-0.2, 0) is 4.79 Å². The molecule has 0 radical (unpaired) electrons. The fourth-order valence-electron chi connectivity index (χ4n) is 0.982. The Morgan fingerprint density at radius 3 is 2.18 bits per heavy atom. The number of aliphatic hydroxyl groups excluding tert-OH is 2. The maximum Gasteiger partial charge on any atom is 0.337 e. The minimum atomic E-state index is -1.41. The van der Waals surface area contributed by atoms with E-state index in [1.165, 1.54) is 0 Å². The molecule has 0 aliphatic rings. The molecule has 96 valence electrons. The standard InChI is InChI=1S/C8H8O3.C4H11NO/c9-7(8(10)11)6-4-2-1-3-5-6;1-4(5)2-3-6/h1-5,7,9H,(H,10,11);4,6H,2-3,5H2,1H3. The first kappa shape index (κ1) is 15.6. The van der Waals surface area contributed by atoms with Gasteiger partial charge >= 0.3 is 5.97 Å². The van der Waals surface area contributed by atoms with Crippen molar-refractivity contribution in [2.24, 2.45) is 5.73 Å². The first-order valence-electron chi connectivity index (χ1n) is 5.31. The van der Waals surface area contributed by atoms with Crippen LogP contribution >= 0.6 is 0 Å². The normalized spacial score (nSPS) is 13.2. The number of carboxylic acid groups (broad SMARTS) is 1. The van der Waals surface area contributed by atoms with Crippen LogP contribution in [0.2, 0.25) is 0 Å². The summed E-state index contributed by atoms with van der Waals surface area (Å²) in [6.07, 6.45) is -0.698. The summed E-state index contributed by atoms with van der Waals surface area (Å²) in [4.78, 5) is 10.2. The number of rotatable bonds is 4. The Morgan fingerprint density at radius 1 is 1.35 bits per heavy atom. The molecule has 2 atom stereocenters. The molecule has 0 aliphatic heterocycles. The van der Waals surface area contributed by atoms with Crippen molar-refractivity contribution in [3.8, 4) is 0 Å². The molecule has 0 fully saturated rings. The first-order valence-corrected chi connectivity index (χ1v) is 5.31. The third-order valence-electron chi connectivity index (χ3n) is 1.93. The minimum absolute atomic E-state index is 0.148. The molecule has 0 saturated carbocycles. The summed E-state index contributed by atoms with van der Waals surface area (Å²) in [6.45, 7) is 2.08. The van der Waals surface area contributed by atoms with Gasteiger partial charge in [0.05, 0.1) is 0 Å². The SMILES string of the molecule is CC(N)CCO.O=C(O)C(O)c1ccccc1. The van der Waals surface area contributed by atoms with E-state index in [2.05, 4.69) is 0 Å². The van der Waals surface area contributed by atoms with E-state index < -0.39 is 12.1 Å². The van der Waals surface area contributed by atoms with Crippen LogP contribution in [0.5, 0.6) is 0 Å². The van der Waals surface area contributed by atoms with E-state index in [1.54, 1.807) is 30.3 Å². The first-order chi connectivity index (χ1) is 7.99. The predicted octanol–water partition coefficient (Wildman–Crippen LogP) is 0.521. The van der Waals surface area contributed by atoms with Gasteiger partial charge in [-0.2, -0.15) is 0 Å². The van der Waals surface area contributed by atoms with Gasteiger partial charge in [-0.25, -0.2) is 4.79 Å². The molecule has 5 nitrogen and oxygen atoms in total. The van der Waals surface area contributed by atoms with Crippen molar-refractivity contribution >= 4 is 5.97 Å². The lowest BCUT2D eigenvalue weighted by Crippen LogP contribution is -2.15. The Bertz CT molecular complexity index is 314. The van der Waals surface area contributed by atoms with Crippen molar-refractivity contribution < 1.29 is 20.1 Å². The molecule has 5 N–H and O–H groups in total. The topological polar surface area (TPSA) is 104 Å². The highest BCUT2D eigenvalue weighted by Crippen LogP contribution is 2.10. The third kappa shape index (κ3) is 7.46. The van der Waals surface area contributed by atoms with E-state index in [4.69, 9.17) is 21.1 Å². The van der Waals surface area contributed by atoms with Gasteiger partial charge in [0.2, 0.25) is 0 Å². The lowest BCUT2D eigenvalue weighted by molar-refractivity contribution is -0.146. The molecular formula is C12H19NO4.